The van der Waals surface area contributed by atoms with Crippen LogP contribution in [0.2, 0.25) is 0 Å². The van der Waals surface area contributed by atoms with Gasteiger partial charge < -0.3 is 33.3 Å². The lowest BCUT2D eigenvalue weighted by molar-refractivity contribution is -0.870. The number of unbranched alkanes of at least 4 members (excludes halogenated alkanes) is 31. The minimum absolute atomic E-state index is 0.141. The molecule has 520 valence electrons. The number of carboxylic acids is 1. The molecule has 0 radical (unpaired) electrons. The van der Waals surface area contributed by atoms with Crippen molar-refractivity contribution in [3.05, 3.63) is 134 Å². The predicted molar refractivity (Wildman–Crippen MR) is 389 cm³/mol. The molecular formula is C82H139NO8. The highest BCUT2D eigenvalue weighted by Crippen LogP contribution is 2.17. The van der Waals surface area contributed by atoms with Gasteiger partial charge in [-0.2, -0.15) is 0 Å². The van der Waals surface area contributed by atoms with Crippen LogP contribution in [0.1, 0.15) is 309 Å². The summed E-state index contributed by atoms with van der Waals surface area (Å²) >= 11 is 0. The summed E-state index contributed by atoms with van der Waals surface area (Å²) in [5, 5.41) is 11.8. The predicted octanol–water partition coefficient (Wildman–Crippen LogP) is 22.4. The third-order valence-corrected chi connectivity index (χ3v) is 15.9. The fraction of sp³-hybridized carbons (Fsp3) is 0.695. The van der Waals surface area contributed by atoms with Crippen molar-refractivity contribution in [2.75, 3.05) is 47.5 Å². The van der Waals surface area contributed by atoms with Gasteiger partial charge >= 0.3 is 11.9 Å². The van der Waals surface area contributed by atoms with E-state index in [1.807, 2.05) is 21.1 Å². The Morgan fingerprint density at radius 3 is 0.934 bits per heavy atom. The van der Waals surface area contributed by atoms with Gasteiger partial charge in [0.2, 0.25) is 0 Å². The molecule has 9 heteroatoms. The van der Waals surface area contributed by atoms with Gasteiger partial charge in [0.25, 0.3) is 0 Å². The second-order valence-corrected chi connectivity index (χ2v) is 25.9. The lowest BCUT2D eigenvalue weighted by atomic mass is 10.0. The number of esters is 2. The van der Waals surface area contributed by atoms with Gasteiger partial charge in [0.05, 0.1) is 40.3 Å². The van der Waals surface area contributed by atoms with Crippen LogP contribution in [0.4, 0.5) is 0 Å². The molecule has 0 fully saturated rings. The Hall–Kier alpha value is -4.57. The molecule has 0 heterocycles. The maximum Gasteiger partial charge on any atom is 0.306 e. The first-order chi connectivity index (χ1) is 44.6. The van der Waals surface area contributed by atoms with Gasteiger partial charge in [-0.05, 0) is 116 Å². The van der Waals surface area contributed by atoms with Gasteiger partial charge in [0, 0.05) is 12.8 Å². The summed E-state index contributed by atoms with van der Waals surface area (Å²) in [6.45, 7) is 4.64. The molecule has 2 unspecified atom stereocenters. The number of carbonyl (C=O) groups excluding carboxylic acids is 3. The van der Waals surface area contributed by atoms with E-state index in [1.54, 1.807) is 0 Å². The summed E-state index contributed by atoms with van der Waals surface area (Å²) in [7, 11) is 5.93. The lowest BCUT2D eigenvalue weighted by Crippen LogP contribution is -2.44. The summed E-state index contributed by atoms with van der Waals surface area (Å²) in [4.78, 5) is 37.6. The van der Waals surface area contributed by atoms with Gasteiger partial charge in [-0.25, -0.2) is 0 Å². The molecule has 0 spiro atoms. The van der Waals surface area contributed by atoms with Crippen LogP contribution in [0.15, 0.2) is 134 Å². The summed E-state index contributed by atoms with van der Waals surface area (Å²) in [5.74, 6) is -2.29. The number of hydrogen-bond acceptors (Lipinski definition) is 8. The zero-order chi connectivity index (χ0) is 66.1. The average molecular weight is 1270 g/mol. The first kappa shape index (κ1) is 86.4. The summed E-state index contributed by atoms with van der Waals surface area (Å²) in [6, 6.07) is 0. The Kier molecular flexibility index (Phi) is 67.7. The van der Waals surface area contributed by atoms with Crippen molar-refractivity contribution in [3.8, 4) is 0 Å². The van der Waals surface area contributed by atoms with Crippen LogP contribution in [0.3, 0.4) is 0 Å². The molecule has 0 aliphatic rings. The number of likely N-dealkylation sites (N-methyl/N-ethyl adjacent to an activating group) is 1. The third kappa shape index (κ3) is 72.7. The number of carbonyl (C=O) groups is 3. The molecule has 0 amide bonds. The molecule has 0 saturated heterocycles. The van der Waals surface area contributed by atoms with Crippen LogP contribution in [0.25, 0.3) is 0 Å². The Morgan fingerprint density at radius 2 is 0.626 bits per heavy atom. The van der Waals surface area contributed by atoms with E-state index >= 15 is 0 Å². The van der Waals surface area contributed by atoms with Crippen LogP contribution in [-0.2, 0) is 33.3 Å². The zero-order valence-electron chi connectivity index (χ0n) is 59.4. The number of allylic oxidation sites excluding steroid dienone is 22. The monoisotopic (exact) mass is 1270 g/mol. The Bertz CT molecular complexity index is 1960. The minimum atomic E-state index is -1.63. The molecular weight excluding hydrogens is 1130 g/mol. The van der Waals surface area contributed by atoms with Crippen molar-refractivity contribution in [3.63, 3.8) is 0 Å². The number of nitrogens with zero attached hydrogens (tertiary/aromatic N) is 1. The summed E-state index contributed by atoms with van der Waals surface area (Å²) in [5.41, 5.74) is 0. The number of quaternary nitrogens is 1. The van der Waals surface area contributed by atoms with Crippen molar-refractivity contribution in [2.24, 2.45) is 0 Å². The molecule has 0 aromatic heterocycles. The van der Waals surface area contributed by atoms with Crippen molar-refractivity contribution in [2.45, 2.75) is 322 Å². The number of aliphatic carboxylic acids is 1. The molecule has 0 rings (SSSR count). The topological polar surface area (TPSA) is 111 Å². The number of ether oxygens (including phenoxy) is 4. The third-order valence-electron chi connectivity index (χ3n) is 15.9. The van der Waals surface area contributed by atoms with E-state index < -0.39 is 24.3 Å². The van der Waals surface area contributed by atoms with Crippen LogP contribution >= 0.6 is 0 Å². The first-order valence-electron chi connectivity index (χ1n) is 37.3. The molecule has 0 bridgehead atoms. The van der Waals surface area contributed by atoms with E-state index in [2.05, 4.69) is 148 Å². The molecule has 0 aliphatic carbocycles. The van der Waals surface area contributed by atoms with Crippen LogP contribution in [0, 0.1) is 0 Å². The minimum Gasteiger partial charge on any atom is -0.545 e. The first-order valence-corrected chi connectivity index (χ1v) is 37.3. The van der Waals surface area contributed by atoms with Gasteiger partial charge in [-0.1, -0.05) is 314 Å². The summed E-state index contributed by atoms with van der Waals surface area (Å²) in [6.07, 6.45) is 99.7. The normalized spacial score (nSPS) is 13.5. The van der Waals surface area contributed by atoms with Crippen molar-refractivity contribution >= 4 is 17.9 Å². The van der Waals surface area contributed by atoms with Crippen molar-refractivity contribution in [1.82, 2.24) is 0 Å². The zero-order valence-corrected chi connectivity index (χ0v) is 59.4. The van der Waals surface area contributed by atoms with Crippen LogP contribution in [-0.4, -0.2) is 82.3 Å². The van der Waals surface area contributed by atoms with Crippen molar-refractivity contribution < 1.29 is 42.9 Å². The number of hydrogen-bond donors (Lipinski definition) is 0. The maximum absolute atomic E-state index is 13.0. The highest BCUT2D eigenvalue weighted by molar-refractivity contribution is 5.70. The van der Waals surface area contributed by atoms with Crippen LogP contribution < -0.4 is 5.11 Å². The highest BCUT2D eigenvalue weighted by atomic mass is 16.7. The van der Waals surface area contributed by atoms with Gasteiger partial charge in [0.1, 0.15) is 13.2 Å². The Labute approximate surface area is 560 Å². The second-order valence-electron chi connectivity index (χ2n) is 25.9. The van der Waals surface area contributed by atoms with Crippen molar-refractivity contribution in [1.29, 1.82) is 0 Å². The van der Waals surface area contributed by atoms with E-state index in [4.69, 9.17) is 18.9 Å². The summed E-state index contributed by atoms with van der Waals surface area (Å²) < 4.78 is 22.8. The molecule has 2 atom stereocenters. The SMILES string of the molecule is CC/C=C\C/C=C\C/C=C\C/C=C\C/C=C\C/C=C\C/C=C\C/C=C\C/C=C\CCCCCCCCCCCC(=O)OC(COC(=O)CCCCCCCCCCCCCCCCCCC/C=C\C/C=C\CCCCCCC)COC(OCC[N+](C)(C)C)C(=O)[O-]. The van der Waals surface area contributed by atoms with E-state index in [1.165, 1.54) is 167 Å². The molecule has 0 aliphatic heterocycles. The van der Waals surface area contributed by atoms with E-state index in [0.29, 0.717) is 17.4 Å². The fourth-order valence-corrected chi connectivity index (χ4v) is 10.2. The second kappa shape index (κ2) is 71.3. The van der Waals surface area contributed by atoms with Gasteiger partial charge in [-0.15, -0.1) is 0 Å². The quantitative estimate of drug-likeness (QED) is 0.0195. The molecule has 91 heavy (non-hydrogen) atoms. The van der Waals surface area contributed by atoms with E-state index in [9.17, 15) is 19.5 Å². The molecule has 0 aromatic carbocycles. The standard InChI is InChI=1S/C82H139NO8/c1-6-8-10-12-14-16-18-20-22-24-26-28-30-32-34-36-37-38-39-40-41-42-43-45-47-49-51-53-55-57-59-61-63-65-67-69-71-73-80(85)91-78(77-90-82(81(86)87)88-75-74-83(3,4)5)76-89-79(84)72-70-68-66-64-62-60-58-56-54-52-50-48-46-44-35-33-31-29-27-25-23-21-19-17-15-13-11-9-7-2/h8,10,14,16,19-22,25-28,32,34,37-38,40-41,43,45,49,51,78,82H,6-7,9,11-13,15,17-18,23-24,29-31,33,35-36,39,42,44,46-48,50,52-77H2,1-5H3/b10-8-,16-14-,21-19-,22-20-,27-25-,28-26-,34-32-,38-37-,41-40-,45-43-,51-49-. The smallest absolute Gasteiger partial charge is 0.306 e. The molecule has 0 saturated carbocycles. The lowest BCUT2D eigenvalue weighted by Gasteiger charge is -2.26. The largest absolute Gasteiger partial charge is 0.545 e. The Morgan fingerprint density at radius 1 is 0.341 bits per heavy atom. The average Bonchev–Trinajstić information content (AvgIpc) is 3.50. The fourth-order valence-electron chi connectivity index (χ4n) is 10.2. The van der Waals surface area contributed by atoms with E-state index in [0.717, 1.165) is 109 Å². The van der Waals surface area contributed by atoms with Gasteiger partial charge in [-0.3, -0.25) is 9.59 Å². The molecule has 0 aromatic rings. The Balaban J connectivity index is 4.13. The van der Waals surface area contributed by atoms with Crippen LogP contribution in [0.5, 0.6) is 0 Å². The van der Waals surface area contributed by atoms with Gasteiger partial charge in [0.15, 0.2) is 12.4 Å². The molecule has 0 N–H and O–H groups in total. The molecule has 9 nitrogen and oxygen atoms in total. The maximum atomic E-state index is 13.0. The highest BCUT2D eigenvalue weighted by Gasteiger charge is 2.22. The number of rotatable bonds is 68. The van der Waals surface area contributed by atoms with E-state index in [-0.39, 0.29) is 38.6 Å². The number of carboxylic acid groups (broad SMARTS) is 1.